The van der Waals surface area contributed by atoms with Crippen molar-refractivity contribution in [3.8, 4) is 0 Å². The number of halogens is 1. The van der Waals surface area contributed by atoms with Gasteiger partial charge in [0.25, 0.3) is 0 Å². The molecule has 1 fully saturated rings. The van der Waals surface area contributed by atoms with Gasteiger partial charge < -0.3 is 10.6 Å². The van der Waals surface area contributed by atoms with Crippen molar-refractivity contribution < 1.29 is 0 Å². The van der Waals surface area contributed by atoms with Gasteiger partial charge in [0.15, 0.2) is 0 Å². The van der Waals surface area contributed by atoms with E-state index >= 15 is 0 Å². The first kappa shape index (κ1) is 16.4. The van der Waals surface area contributed by atoms with Gasteiger partial charge in [-0.25, -0.2) is 0 Å². The molecule has 2 N–H and O–H groups in total. The van der Waals surface area contributed by atoms with Crippen molar-refractivity contribution in [2.75, 3.05) is 59.9 Å². The van der Waals surface area contributed by atoms with Gasteiger partial charge in [-0.15, -0.1) is 11.3 Å². The zero-order chi connectivity index (χ0) is 14.5. The fourth-order valence-electron chi connectivity index (χ4n) is 2.61. The summed E-state index contributed by atoms with van der Waals surface area (Å²) >= 11 is 5.44. The van der Waals surface area contributed by atoms with Gasteiger partial charge in [-0.3, -0.25) is 9.80 Å². The lowest BCUT2D eigenvalue weighted by atomic mass is 10.1. The van der Waals surface area contributed by atoms with Crippen LogP contribution in [0.3, 0.4) is 0 Å². The van der Waals surface area contributed by atoms with Crippen molar-refractivity contribution in [1.82, 2.24) is 14.7 Å². The lowest BCUT2D eigenvalue weighted by Crippen LogP contribution is -2.50. The van der Waals surface area contributed by atoms with Crippen LogP contribution in [0.25, 0.3) is 0 Å². The van der Waals surface area contributed by atoms with E-state index in [-0.39, 0.29) is 0 Å². The third-order valence-electron chi connectivity index (χ3n) is 3.88. The van der Waals surface area contributed by atoms with Crippen LogP contribution in [0.1, 0.15) is 10.9 Å². The van der Waals surface area contributed by atoms with E-state index in [9.17, 15) is 0 Å². The first-order valence-electron chi connectivity index (χ1n) is 7.16. The Hall–Kier alpha value is 0.0200. The number of hydrogen-bond acceptors (Lipinski definition) is 5. The Balaban J connectivity index is 1.87. The van der Waals surface area contributed by atoms with Crippen LogP contribution in [0.5, 0.6) is 0 Å². The zero-order valence-corrected chi connectivity index (χ0v) is 14.8. The number of likely N-dealkylation sites (N-methyl/N-ethyl adjacent to an activating group) is 1. The van der Waals surface area contributed by atoms with Gasteiger partial charge >= 0.3 is 0 Å². The fourth-order valence-corrected chi connectivity index (χ4v) is 4.39. The predicted molar refractivity (Wildman–Crippen MR) is 90.4 cm³/mol. The van der Waals surface area contributed by atoms with Gasteiger partial charge in [-0.05, 0) is 41.5 Å². The monoisotopic (exact) mass is 360 g/mol. The van der Waals surface area contributed by atoms with E-state index in [1.807, 2.05) is 0 Å². The lowest BCUT2D eigenvalue weighted by molar-refractivity contribution is 0.0950. The van der Waals surface area contributed by atoms with E-state index in [0.717, 1.165) is 39.3 Å². The molecular formula is C14H25BrN4S. The number of hydrogen-bond donors (Lipinski definition) is 1. The molecule has 1 aliphatic heterocycles. The van der Waals surface area contributed by atoms with E-state index in [4.69, 9.17) is 5.73 Å². The molecule has 1 aliphatic rings. The molecule has 2 heterocycles. The Morgan fingerprint density at radius 2 is 2.05 bits per heavy atom. The van der Waals surface area contributed by atoms with Gasteiger partial charge in [0, 0.05) is 55.2 Å². The Morgan fingerprint density at radius 3 is 2.55 bits per heavy atom. The summed E-state index contributed by atoms with van der Waals surface area (Å²) in [5.74, 6) is 0. The molecular weight excluding hydrogens is 336 g/mol. The molecule has 0 amide bonds. The number of piperazine rings is 1. The molecule has 1 saturated heterocycles. The highest BCUT2D eigenvalue weighted by Gasteiger charge is 2.26. The molecule has 20 heavy (non-hydrogen) atoms. The predicted octanol–water partition coefficient (Wildman–Crippen LogP) is 1.69. The molecule has 4 nitrogen and oxygen atoms in total. The van der Waals surface area contributed by atoms with E-state index in [1.165, 1.54) is 9.35 Å². The molecule has 2 rings (SSSR count). The Kier molecular flexibility index (Phi) is 6.45. The van der Waals surface area contributed by atoms with Crippen LogP contribution < -0.4 is 5.73 Å². The summed E-state index contributed by atoms with van der Waals surface area (Å²) in [4.78, 5) is 8.70. The average molecular weight is 361 g/mol. The highest BCUT2D eigenvalue weighted by atomic mass is 79.9. The maximum Gasteiger partial charge on any atom is 0.0576 e. The van der Waals surface area contributed by atoms with E-state index in [2.05, 4.69) is 56.2 Å². The summed E-state index contributed by atoms with van der Waals surface area (Å²) in [5.41, 5.74) is 6.02. The number of thiophene rings is 1. The number of nitrogens with two attached hydrogens (primary N) is 1. The van der Waals surface area contributed by atoms with Crippen LogP contribution in [-0.2, 0) is 0 Å². The molecule has 1 aromatic heterocycles. The Morgan fingerprint density at radius 1 is 1.35 bits per heavy atom. The fraction of sp³-hybridized carbons (Fsp3) is 0.714. The Bertz CT molecular complexity index is 402. The largest absolute Gasteiger partial charge is 0.329 e. The molecule has 0 bridgehead atoms. The minimum Gasteiger partial charge on any atom is -0.329 e. The van der Waals surface area contributed by atoms with Crippen LogP contribution in [0.4, 0.5) is 0 Å². The van der Waals surface area contributed by atoms with E-state index in [1.54, 1.807) is 11.3 Å². The summed E-state index contributed by atoms with van der Waals surface area (Å²) < 4.78 is 1.20. The first-order chi connectivity index (χ1) is 9.61. The molecule has 0 radical (unpaired) electrons. The summed E-state index contributed by atoms with van der Waals surface area (Å²) in [6.07, 6.45) is 0. The minimum atomic E-state index is 0.361. The highest BCUT2D eigenvalue weighted by Crippen LogP contribution is 2.32. The second kappa shape index (κ2) is 7.87. The van der Waals surface area contributed by atoms with Gasteiger partial charge in [-0.1, -0.05) is 0 Å². The average Bonchev–Trinajstić information content (AvgIpc) is 2.85. The van der Waals surface area contributed by atoms with Gasteiger partial charge in [0.1, 0.15) is 0 Å². The molecule has 1 unspecified atom stereocenters. The van der Waals surface area contributed by atoms with Gasteiger partial charge in [0.2, 0.25) is 0 Å². The summed E-state index contributed by atoms with van der Waals surface area (Å²) in [6, 6.07) is 2.48. The van der Waals surface area contributed by atoms with Crippen molar-refractivity contribution in [3.05, 3.63) is 20.8 Å². The van der Waals surface area contributed by atoms with Crippen molar-refractivity contribution in [2.24, 2.45) is 5.73 Å². The second-order valence-corrected chi connectivity index (χ2v) is 7.37. The zero-order valence-electron chi connectivity index (χ0n) is 12.4. The van der Waals surface area contributed by atoms with Gasteiger partial charge in [0.05, 0.1) is 6.04 Å². The topological polar surface area (TPSA) is 35.7 Å². The maximum atomic E-state index is 6.02. The lowest BCUT2D eigenvalue weighted by Gasteiger charge is -2.39. The van der Waals surface area contributed by atoms with Crippen LogP contribution in [0, 0.1) is 0 Å². The second-order valence-electron chi connectivity index (χ2n) is 5.57. The normalized spacial score (nSPS) is 19.6. The van der Waals surface area contributed by atoms with Crippen molar-refractivity contribution in [1.29, 1.82) is 0 Å². The molecule has 0 saturated carbocycles. The molecule has 114 valence electrons. The quantitative estimate of drug-likeness (QED) is 0.837. The van der Waals surface area contributed by atoms with Crippen LogP contribution in [-0.4, -0.2) is 74.6 Å². The Labute approximate surface area is 134 Å². The van der Waals surface area contributed by atoms with E-state index < -0.39 is 0 Å². The smallest absolute Gasteiger partial charge is 0.0576 e. The highest BCUT2D eigenvalue weighted by molar-refractivity contribution is 9.10. The summed E-state index contributed by atoms with van der Waals surface area (Å²) in [5, 5.41) is 2.13. The standard InChI is InChI=1S/C14H25BrN4S/c1-17(2)4-5-18-6-8-19(9-7-18)13(11-16)14-12(15)3-10-20-14/h3,10,13H,4-9,11,16H2,1-2H3. The van der Waals surface area contributed by atoms with E-state index in [0.29, 0.717) is 12.6 Å². The van der Waals surface area contributed by atoms with Crippen molar-refractivity contribution in [3.63, 3.8) is 0 Å². The van der Waals surface area contributed by atoms with Crippen LogP contribution in [0.15, 0.2) is 15.9 Å². The SMILES string of the molecule is CN(C)CCN1CCN(C(CN)c2sccc2Br)CC1. The third-order valence-corrected chi connectivity index (χ3v) is 5.85. The first-order valence-corrected chi connectivity index (χ1v) is 8.83. The third kappa shape index (κ3) is 4.26. The van der Waals surface area contributed by atoms with Crippen molar-refractivity contribution >= 4 is 27.3 Å². The number of rotatable bonds is 6. The van der Waals surface area contributed by atoms with Crippen molar-refractivity contribution in [2.45, 2.75) is 6.04 Å². The molecule has 0 aliphatic carbocycles. The molecule has 0 aromatic carbocycles. The van der Waals surface area contributed by atoms with Crippen LogP contribution in [0.2, 0.25) is 0 Å². The van der Waals surface area contributed by atoms with Crippen LogP contribution >= 0.6 is 27.3 Å². The summed E-state index contributed by atoms with van der Waals surface area (Å²) in [7, 11) is 4.27. The number of nitrogens with zero attached hydrogens (tertiary/aromatic N) is 3. The maximum absolute atomic E-state index is 6.02. The minimum absolute atomic E-state index is 0.361. The molecule has 6 heteroatoms. The van der Waals surface area contributed by atoms with Gasteiger partial charge in [-0.2, -0.15) is 0 Å². The molecule has 1 atom stereocenters. The molecule has 0 spiro atoms. The summed E-state index contributed by atoms with van der Waals surface area (Å²) in [6.45, 7) is 7.50. The molecule has 1 aromatic rings.